The minimum atomic E-state index is -6.04. The number of aryl methyl sites for hydroxylation is 1. The SMILES string of the molecule is C.C.C.C.C.C.C.C.C.CCOC(OCC)C(=O)c1ccccc1.Cc1ccc([I-]c2ccc(C(C)C)cc2)cc1.FCCOCC1CO1.FCOC(F)(F)OC(F)(F)C(F)(F)OF.FCOC(F)(F)OC(F)(F)C(F)(F)OF.FCOCC1CO1.OCCOCCF.OCCOCF.[BH3-]c1c(F)c(F)c(C)c(F)c1F. The van der Waals surface area contributed by atoms with Gasteiger partial charge >= 0.3 is 152 Å². The number of epoxide rings is 2. The molecule has 0 bridgehead atoms. The maximum Gasteiger partial charge on any atom is 0.492 e. The molecular formula is C68H112BF24IO17-2. The average Bonchev–Trinajstić information content (AvgIpc) is 1.32. The van der Waals surface area contributed by atoms with Crippen molar-refractivity contribution in [2.24, 2.45) is 0 Å². The molecule has 0 saturated carbocycles. The summed E-state index contributed by atoms with van der Waals surface area (Å²) in [5, 5.41) is 16.0. The van der Waals surface area contributed by atoms with Crippen molar-refractivity contribution in [3.63, 3.8) is 0 Å². The molecule has 2 unspecified atom stereocenters. The Kier molecular flexibility index (Phi) is 86.6. The topological polar surface area (TPSA) is 193 Å². The molecule has 0 radical (unpaired) electrons. The van der Waals surface area contributed by atoms with E-state index in [9.17, 15) is 110 Å². The second-order valence-corrected chi connectivity index (χ2v) is 21.4. The number of ketones is 1. The van der Waals surface area contributed by atoms with Gasteiger partial charge in [-0.25, -0.2) is 53.4 Å². The minimum Gasteiger partial charge on any atom is -0.394 e. The first kappa shape index (κ1) is 132. The van der Waals surface area contributed by atoms with Crippen LogP contribution in [0, 0.1) is 44.3 Å². The van der Waals surface area contributed by atoms with Crippen LogP contribution in [-0.2, 0) is 66.7 Å². The van der Waals surface area contributed by atoms with Crippen molar-refractivity contribution >= 4 is 19.1 Å². The number of hydrogen-bond donors (Lipinski definition) is 2. The van der Waals surface area contributed by atoms with Crippen LogP contribution in [0.3, 0.4) is 0 Å². The smallest absolute Gasteiger partial charge is 0.394 e. The van der Waals surface area contributed by atoms with E-state index in [-0.39, 0.29) is 151 Å². The molecule has 666 valence electrons. The van der Waals surface area contributed by atoms with Crippen molar-refractivity contribution < 1.29 is 209 Å². The monoisotopic (exact) mass is 1790 g/mol. The van der Waals surface area contributed by atoms with Gasteiger partial charge in [-0.1, -0.05) is 97.2 Å². The van der Waals surface area contributed by atoms with E-state index < -0.39 is 121 Å². The fourth-order valence-electron chi connectivity index (χ4n) is 5.31. The Morgan fingerprint density at radius 3 is 1.16 bits per heavy atom. The molecule has 2 fully saturated rings. The van der Waals surface area contributed by atoms with Crippen LogP contribution < -0.4 is 26.7 Å². The molecule has 43 heteroatoms. The molecule has 2 N–H and O–H groups in total. The van der Waals surface area contributed by atoms with E-state index in [2.05, 4.69) is 102 Å². The normalized spacial score (nSPS) is 12.9. The molecule has 4 aromatic rings. The Hall–Kier alpha value is -4.98. The van der Waals surface area contributed by atoms with Crippen LogP contribution in [0.1, 0.15) is 128 Å². The number of Topliss-reactive ketones (excluding diaryl/α,β-unsaturated/α-hetero) is 1. The van der Waals surface area contributed by atoms with Gasteiger partial charge in [-0.15, -0.1) is 32.9 Å². The van der Waals surface area contributed by atoms with Crippen molar-refractivity contribution in [2.75, 3.05) is 120 Å². The Morgan fingerprint density at radius 1 is 0.505 bits per heavy atom. The zero-order valence-electron chi connectivity index (χ0n) is 54.0. The molecule has 17 nitrogen and oxygen atoms in total. The predicted molar refractivity (Wildman–Crippen MR) is 370 cm³/mol. The second-order valence-electron chi connectivity index (χ2n) is 18.4. The largest absolute Gasteiger partial charge is 0.492 e. The van der Waals surface area contributed by atoms with Gasteiger partial charge in [0.2, 0.25) is 12.1 Å². The second kappa shape index (κ2) is 72.7. The first-order valence-electron chi connectivity index (χ1n) is 28.4. The van der Waals surface area contributed by atoms with E-state index in [0.29, 0.717) is 37.9 Å². The number of rotatable bonds is 35. The van der Waals surface area contributed by atoms with Crippen molar-refractivity contribution in [3.05, 3.63) is 132 Å². The molecule has 111 heavy (non-hydrogen) atoms. The quantitative estimate of drug-likeness (QED) is 0.00645. The first-order chi connectivity index (χ1) is 47.8. The maximum absolute atomic E-state index is 12.7. The van der Waals surface area contributed by atoms with Crippen LogP contribution in [0.5, 0.6) is 0 Å². The van der Waals surface area contributed by atoms with Crippen LogP contribution in [0.4, 0.5) is 106 Å². The molecule has 0 aromatic heterocycles. The summed E-state index contributed by atoms with van der Waals surface area (Å²) >= 11 is -0.0167. The van der Waals surface area contributed by atoms with E-state index in [0.717, 1.165) is 20.1 Å². The first-order valence-corrected chi connectivity index (χ1v) is 30.5. The van der Waals surface area contributed by atoms with Crippen LogP contribution in [0.15, 0.2) is 78.9 Å². The standard InChI is InChI=1S/C16H18I.C12H16O3.C7H6BF4.C5H9FO2.2C4H2F8O3.C4H7FO2.C4H9FO2.C3H7FO2.9CH4/c1-12(2)14-6-10-16(11-7-14)17-15-8-4-13(3)5-9-15;1-3-14-12(15-4-2)11(13)10-8-6-5-7-9-10;1-2-4(9)6(11)3(8)7(12)5(2)10;6-1-2-7-3-5-4-8-5;2*5-1-13-4(10,11)14-2(6,7)3(8,9)15-12;5-3-6-1-4-2-7-4;5-1-3-7-4-2-6;4-3-6-2-1-5;;;;;;;;;/h4-12H,1-3H3;5-9,12H,3-4H2,1-2H3;1,8H3;5H,1-4H2;2*1H2;4H,1-3H2;6H,1-4H2;5H,1-3H2;9*1H4/q-1;;-1;;;;;;;;;;;;;;;. The number of benzene rings is 4. The summed E-state index contributed by atoms with van der Waals surface area (Å²) < 4.78 is 332. The molecule has 2 atom stereocenters. The van der Waals surface area contributed by atoms with Gasteiger partial charge in [-0.2, -0.15) is 35.1 Å². The number of carbonyl (C=O) groups is 1. The molecule has 2 heterocycles. The van der Waals surface area contributed by atoms with Crippen molar-refractivity contribution in [2.45, 2.75) is 170 Å². The van der Waals surface area contributed by atoms with Crippen LogP contribution in [0.25, 0.3) is 0 Å². The molecule has 0 spiro atoms. The third kappa shape index (κ3) is 61.1. The third-order valence-corrected chi connectivity index (χ3v) is 12.9. The fourth-order valence-corrected chi connectivity index (χ4v) is 7.47. The van der Waals surface area contributed by atoms with Gasteiger partial charge in [-0.05, 0) is 37.7 Å². The minimum absolute atomic E-state index is 0. The summed E-state index contributed by atoms with van der Waals surface area (Å²) in [6.07, 6.45) is -35.0. The van der Waals surface area contributed by atoms with Crippen molar-refractivity contribution in [1.29, 1.82) is 0 Å². The molecule has 2 saturated heterocycles. The summed E-state index contributed by atoms with van der Waals surface area (Å²) in [5.41, 5.74) is 2.42. The molecule has 0 aliphatic carbocycles. The fraction of sp³-hybridized carbons (Fsp3) is 0.632. The number of hydrogen-bond acceptors (Lipinski definition) is 17. The van der Waals surface area contributed by atoms with Crippen LogP contribution in [0.2, 0.25) is 0 Å². The number of alkyl halides is 18. The molecule has 2 aliphatic heterocycles. The Bertz CT molecular complexity index is 2590. The predicted octanol–water partition coefficient (Wildman–Crippen LogP) is 15.5. The number of carbonyl (C=O) groups excluding carboxylic acids is 1. The molecule has 4 aromatic carbocycles. The van der Waals surface area contributed by atoms with E-state index >= 15 is 0 Å². The molecule has 0 amide bonds. The maximum atomic E-state index is 12.7. The molecule has 6 rings (SSSR count). The Balaban J connectivity index is -0.000000100. The van der Waals surface area contributed by atoms with E-state index in [1.165, 1.54) is 28.2 Å². The number of aliphatic hydroxyl groups is 2. The zero-order valence-corrected chi connectivity index (χ0v) is 56.2. The van der Waals surface area contributed by atoms with Gasteiger partial charge in [0, 0.05) is 24.3 Å². The third-order valence-electron chi connectivity index (χ3n) is 10.2. The zero-order chi connectivity index (χ0) is 78.8. The van der Waals surface area contributed by atoms with E-state index in [4.69, 9.17) is 33.9 Å². The Labute approximate surface area is 646 Å². The van der Waals surface area contributed by atoms with Crippen LogP contribution >= 0.6 is 0 Å². The number of aliphatic hydroxyl groups excluding tert-OH is 2. The van der Waals surface area contributed by atoms with E-state index in [1.807, 2.05) is 32.0 Å². The van der Waals surface area contributed by atoms with Gasteiger partial charge < -0.3 is 48.1 Å². The van der Waals surface area contributed by atoms with Gasteiger partial charge in [0.15, 0.2) is 39.1 Å². The number of ether oxygens (including phenoxy) is 12. The van der Waals surface area contributed by atoms with Crippen molar-refractivity contribution in [1.82, 2.24) is 0 Å². The van der Waals surface area contributed by atoms with E-state index in [1.54, 1.807) is 12.1 Å². The summed E-state index contributed by atoms with van der Waals surface area (Å²) in [7, 11) is -0.888. The van der Waals surface area contributed by atoms with Gasteiger partial charge in [0.1, 0.15) is 37.2 Å². The Morgan fingerprint density at radius 2 is 0.856 bits per heavy atom. The van der Waals surface area contributed by atoms with Gasteiger partial charge in [0.25, 0.3) is 0 Å². The van der Waals surface area contributed by atoms with Gasteiger partial charge in [0.05, 0.1) is 66.1 Å². The number of halogens is 25. The summed E-state index contributed by atoms with van der Waals surface area (Å²) in [5.74, 6) is -4.46. The average molecular weight is 1800 g/mol. The summed E-state index contributed by atoms with van der Waals surface area (Å²) in [6.45, 7) is 8.28. The molecular weight excluding hydrogens is 1680 g/mol. The molecule has 2 aliphatic rings. The van der Waals surface area contributed by atoms with Crippen LogP contribution in [-0.4, -0.2) is 199 Å². The summed E-state index contributed by atoms with van der Waals surface area (Å²) in [4.78, 5) is 14.7. The van der Waals surface area contributed by atoms with Gasteiger partial charge in [-0.3, -0.25) is 14.3 Å². The summed E-state index contributed by atoms with van der Waals surface area (Å²) in [6, 6.07) is 27.1. The van der Waals surface area contributed by atoms with Crippen molar-refractivity contribution in [3.8, 4) is 0 Å².